The SMILES string of the molecule is CC(=O)N1CCC(NC(=O)c2cccc(C)c2C)CC1. The Bertz CT molecular complexity index is 517. The van der Waals surface area contributed by atoms with Gasteiger partial charge in [0, 0.05) is 31.6 Å². The van der Waals surface area contributed by atoms with Crippen molar-refractivity contribution < 1.29 is 9.59 Å². The van der Waals surface area contributed by atoms with Crippen molar-refractivity contribution in [3.8, 4) is 0 Å². The molecule has 0 bridgehead atoms. The van der Waals surface area contributed by atoms with Crippen LogP contribution < -0.4 is 5.32 Å². The summed E-state index contributed by atoms with van der Waals surface area (Å²) in [6, 6.07) is 5.95. The van der Waals surface area contributed by atoms with Crippen molar-refractivity contribution in [1.82, 2.24) is 10.2 Å². The van der Waals surface area contributed by atoms with E-state index in [0.717, 1.165) is 42.6 Å². The lowest BCUT2D eigenvalue weighted by atomic mass is 10.0. The van der Waals surface area contributed by atoms with Crippen molar-refractivity contribution in [1.29, 1.82) is 0 Å². The lowest BCUT2D eigenvalue weighted by Gasteiger charge is -2.31. The molecule has 0 saturated carbocycles. The fraction of sp³-hybridized carbons (Fsp3) is 0.500. The van der Waals surface area contributed by atoms with Gasteiger partial charge < -0.3 is 10.2 Å². The van der Waals surface area contributed by atoms with E-state index in [1.54, 1.807) is 6.92 Å². The average Bonchev–Trinajstić information content (AvgIpc) is 2.42. The Labute approximate surface area is 120 Å². The van der Waals surface area contributed by atoms with Crippen molar-refractivity contribution in [3.05, 3.63) is 34.9 Å². The van der Waals surface area contributed by atoms with Crippen LogP contribution in [0.2, 0.25) is 0 Å². The number of carbonyl (C=O) groups is 2. The molecule has 0 atom stereocenters. The monoisotopic (exact) mass is 274 g/mol. The Morgan fingerprint density at radius 1 is 1.20 bits per heavy atom. The number of aryl methyl sites for hydroxylation is 1. The van der Waals surface area contributed by atoms with E-state index in [2.05, 4.69) is 5.32 Å². The predicted octanol–water partition coefficient (Wildman–Crippen LogP) is 2.04. The van der Waals surface area contributed by atoms with Crippen molar-refractivity contribution in [3.63, 3.8) is 0 Å². The van der Waals surface area contributed by atoms with Gasteiger partial charge >= 0.3 is 0 Å². The van der Waals surface area contributed by atoms with Crippen LogP contribution in [-0.4, -0.2) is 35.8 Å². The Hall–Kier alpha value is -1.84. The molecule has 1 saturated heterocycles. The number of hydrogen-bond donors (Lipinski definition) is 1. The summed E-state index contributed by atoms with van der Waals surface area (Å²) >= 11 is 0. The summed E-state index contributed by atoms with van der Waals surface area (Å²) in [6.45, 7) is 7.04. The van der Waals surface area contributed by atoms with E-state index in [0.29, 0.717) is 0 Å². The van der Waals surface area contributed by atoms with Gasteiger partial charge in [-0.2, -0.15) is 0 Å². The van der Waals surface area contributed by atoms with Gasteiger partial charge in [0.15, 0.2) is 0 Å². The second-order valence-corrected chi connectivity index (χ2v) is 5.50. The third-order valence-electron chi connectivity index (χ3n) is 4.12. The fourth-order valence-electron chi connectivity index (χ4n) is 2.60. The highest BCUT2D eigenvalue weighted by molar-refractivity contribution is 5.96. The number of nitrogens with zero attached hydrogens (tertiary/aromatic N) is 1. The molecule has 1 aromatic rings. The topological polar surface area (TPSA) is 49.4 Å². The van der Waals surface area contributed by atoms with Gasteiger partial charge in [0.1, 0.15) is 0 Å². The number of benzene rings is 1. The summed E-state index contributed by atoms with van der Waals surface area (Å²) in [6.07, 6.45) is 1.66. The number of likely N-dealkylation sites (tertiary alicyclic amines) is 1. The maximum Gasteiger partial charge on any atom is 0.251 e. The van der Waals surface area contributed by atoms with E-state index in [1.165, 1.54) is 0 Å². The summed E-state index contributed by atoms with van der Waals surface area (Å²) in [7, 11) is 0. The van der Waals surface area contributed by atoms with Crippen LogP contribution in [0.15, 0.2) is 18.2 Å². The van der Waals surface area contributed by atoms with Gasteiger partial charge in [-0.1, -0.05) is 12.1 Å². The molecule has 0 aliphatic carbocycles. The minimum Gasteiger partial charge on any atom is -0.349 e. The minimum atomic E-state index is -0.00697. The van der Waals surface area contributed by atoms with Gasteiger partial charge in [0.25, 0.3) is 5.91 Å². The van der Waals surface area contributed by atoms with Gasteiger partial charge in [0.2, 0.25) is 5.91 Å². The number of hydrogen-bond acceptors (Lipinski definition) is 2. The Kier molecular flexibility index (Phi) is 4.42. The van der Waals surface area contributed by atoms with Crippen LogP contribution in [0.3, 0.4) is 0 Å². The Morgan fingerprint density at radius 2 is 1.85 bits per heavy atom. The highest BCUT2D eigenvalue weighted by atomic mass is 16.2. The summed E-state index contributed by atoms with van der Waals surface area (Å²) < 4.78 is 0. The van der Waals surface area contributed by atoms with Crippen molar-refractivity contribution >= 4 is 11.8 Å². The third-order valence-corrected chi connectivity index (χ3v) is 4.12. The van der Waals surface area contributed by atoms with E-state index in [-0.39, 0.29) is 17.9 Å². The molecule has 2 amide bonds. The standard InChI is InChI=1S/C16H22N2O2/c1-11-5-4-6-15(12(11)2)16(20)17-14-7-9-18(10-8-14)13(3)19/h4-6,14H,7-10H2,1-3H3,(H,17,20). The number of carbonyl (C=O) groups excluding carboxylic acids is 2. The first-order valence-electron chi connectivity index (χ1n) is 7.11. The smallest absolute Gasteiger partial charge is 0.251 e. The van der Waals surface area contributed by atoms with E-state index < -0.39 is 0 Å². The predicted molar refractivity (Wildman–Crippen MR) is 78.7 cm³/mol. The van der Waals surface area contributed by atoms with Crippen LogP contribution in [0, 0.1) is 13.8 Å². The van der Waals surface area contributed by atoms with E-state index in [4.69, 9.17) is 0 Å². The van der Waals surface area contributed by atoms with Crippen LogP contribution >= 0.6 is 0 Å². The number of amides is 2. The molecule has 0 spiro atoms. The molecule has 0 aromatic heterocycles. The van der Waals surface area contributed by atoms with E-state index >= 15 is 0 Å². The van der Waals surface area contributed by atoms with Gasteiger partial charge in [-0.25, -0.2) is 0 Å². The molecule has 1 fully saturated rings. The zero-order valence-corrected chi connectivity index (χ0v) is 12.4. The first-order chi connectivity index (χ1) is 9.49. The first-order valence-corrected chi connectivity index (χ1v) is 7.11. The van der Waals surface area contributed by atoms with Gasteiger partial charge in [-0.05, 0) is 43.9 Å². The molecular weight excluding hydrogens is 252 g/mol. The lowest BCUT2D eigenvalue weighted by Crippen LogP contribution is -2.46. The number of rotatable bonds is 2. The van der Waals surface area contributed by atoms with Gasteiger partial charge in [0.05, 0.1) is 0 Å². The number of nitrogens with one attached hydrogen (secondary N) is 1. The summed E-state index contributed by atoms with van der Waals surface area (Å²) in [5.41, 5.74) is 2.91. The summed E-state index contributed by atoms with van der Waals surface area (Å²) in [4.78, 5) is 25.4. The average molecular weight is 274 g/mol. The number of piperidine rings is 1. The minimum absolute atomic E-state index is 0.00697. The van der Waals surface area contributed by atoms with Crippen molar-refractivity contribution in [2.45, 2.75) is 39.7 Å². The maximum absolute atomic E-state index is 12.3. The van der Waals surface area contributed by atoms with E-state index in [9.17, 15) is 9.59 Å². The first kappa shape index (κ1) is 14.6. The normalized spacial score (nSPS) is 16.1. The van der Waals surface area contributed by atoms with Crippen molar-refractivity contribution in [2.75, 3.05) is 13.1 Å². The Balaban J connectivity index is 1.96. The molecule has 1 N–H and O–H groups in total. The molecule has 4 nitrogen and oxygen atoms in total. The molecular formula is C16H22N2O2. The molecule has 1 aliphatic heterocycles. The zero-order chi connectivity index (χ0) is 14.7. The molecule has 1 aliphatic rings. The quantitative estimate of drug-likeness (QED) is 0.897. The van der Waals surface area contributed by atoms with Crippen LogP contribution in [0.5, 0.6) is 0 Å². The molecule has 2 rings (SSSR count). The zero-order valence-electron chi connectivity index (χ0n) is 12.4. The van der Waals surface area contributed by atoms with Crippen molar-refractivity contribution in [2.24, 2.45) is 0 Å². The third kappa shape index (κ3) is 3.18. The molecule has 4 heteroatoms. The second kappa shape index (κ2) is 6.07. The molecule has 0 radical (unpaired) electrons. The van der Waals surface area contributed by atoms with Gasteiger partial charge in [-0.15, -0.1) is 0 Å². The highest BCUT2D eigenvalue weighted by Gasteiger charge is 2.22. The van der Waals surface area contributed by atoms with Gasteiger partial charge in [-0.3, -0.25) is 9.59 Å². The van der Waals surface area contributed by atoms with Crippen LogP contribution in [0.25, 0.3) is 0 Å². The molecule has 0 unspecified atom stereocenters. The van der Waals surface area contributed by atoms with Crippen LogP contribution in [-0.2, 0) is 4.79 Å². The summed E-state index contributed by atoms with van der Waals surface area (Å²) in [5, 5.41) is 3.09. The lowest BCUT2D eigenvalue weighted by molar-refractivity contribution is -0.129. The highest BCUT2D eigenvalue weighted by Crippen LogP contribution is 2.15. The van der Waals surface area contributed by atoms with E-state index in [1.807, 2.05) is 36.9 Å². The molecule has 20 heavy (non-hydrogen) atoms. The molecule has 108 valence electrons. The Morgan fingerprint density at radius 3 is 2.45 bits per heavy atom. The summed E-state index contributed by atoms with van der Waals surface area (Å²) in [5.74, 6) is 0.108. The molecule has 1 aromatic carbocycles. The fourth-order valence-corrected chi connectivity index (χ4v) is 2.60. The second-order valence-electron chi connectivity index (χ2n) is 5.50. The largest absolute Gasteiger partial charge is 0.349 e. The van der Waals surface area contributed by atoms with Crippen LogP contribution in [0.4, 0.5) is 0 Å². The maximum atomic E-state index is 12.3. The van der Waals surface area contributed by atoms with Crippen LogP contribution in [0.1, 0.15) is 41.3 Å². The molecule has 1 heterocycles.